The zero-order valence-electron chi connectivity index (χ0n) is 11.1. The predicted octanol–water partition coefficient (Wildman–Crippen LogP) is 2.54. The molecule has 1 aromatic rings. The quantitative estimate of drug-likeness (QED) is 0.874. The van der Waals surface area contributed by atoms with Crippen LogP contribution in [0.2, 0.25) is 0 Å². The fourth-order valence-corrected chi connectivity index (χ4v) is 2.97. The van der Waals surface area contributed by atoms with Crippen LogP contribution in [-0.2, 0) is 17.6 Å². The Morgan fingerprint density at radius 1 is 1.21 bits per heavy atom. The molecule has 3 rings (SSSR count). The topological polar surface area (TPSA) is 41.1 Å². The summed E-state index contributed by atoms with van der Waals surface area (Å²) in [6.45, 7) is 1.86. The van der Waals surface area contributed by atoms with E-state index in [0.717, 1.165) is 38.0 Å². The maximum absolute atomic E-state index is 12.1. The van der Waals surface area contributed by atoms with Crippen molar-refractivity contribution in [3.8, 4) is 0 Å². The maximum atomic E-state index is 12.1. The van der Waals surface area contributed by atoms with Crippen molar-refractivity contribution in [1.82, 2.24) is 5.32 Å². The van der Waals surface area contributed by atoms with E-state index in [1.54, 1.807) is 0 Å². The van der Waals surface area contributed by atoms with Crippen LogP contribution in [0.5, 0.6) is 0 Å². The molecule has 1 saturated heterocycles. The van der Waals surface area contributed by atoms with Crippen molar-refractivity contribution < 1.29 is 4.79 Å². The minimum Gasteiger partial charge on any atom is -0.326 e. The Kier molecular flexibility index (Phi) is 4.83. The largest absolute Gasteiger partial charge is 0.326 e. The number of carbonyl (C=O) groups is 1. The lowest BCUT2D eigenvalue weighted by Gasteiger charge is -2.22. The highest BCUT2D eigenvalue weighted by atomic mass is 35.5. The van der Waals surface area contributed by atoms with Gasteiger partial charge in [0, 0.05) is 12.2 Å². The lowest BCUT2D eigenvalue weighted by atomic mass is 9.98. The molecule has 4 heteroatoms. The van der Waals surface area contributed by atoms with Crippen LogP contribution in [-0.4, -0.2) is 19.0 Å². The summed E-state index contributed by atoms with van der Waals surface area (Å²) in [5.74, 6) is 0.298. The van der Waals surface area contributed by atoms with E-state index in [0.29, 0.717) is 0 Å². The van der Waals surface area contributed by atoms with Gasteiger partial charge in [-0.2, -0.15) is 0 Å². The first-order valence-electron chi connectivity index (χ1n) is 6.96. The minimum atomic E-state index is 0. The van der Waals surface area contributed by atoms with Crippen LogP contribution in [0.25, 0.3) is 0 Å². The highest BCUT2D eigenvalue weighted by Gasteiger charge is 2.21. The van der Waals surface area contributed by atoms with Gasteiger partial charge in [0.15, 0.2) is 0 Å². The number of piperidine rings is 1. The van der Waals surface area contributed by atoms with Crippen LogP contribution < -0.4 is 10.6 Å². The molecular weight excluding hydrogens is 260 g/mol. The molecule has 1 unspecified atom stereocenters. The second kappa shape index (κ2) is 6.40. The Hall–Kier alpha value is -1.06. The van der Waals surface area contributed by atoms with E-state index in [4.69, 9.17) is 0 Å². The van der Waals surface area contributed by atoms with Crippen molar-refractivity contribution in [2.75, 3.05) is 18.4 Å². The predicted molar refractivity (Wildman–Crippen MR) is 79.9 cm³/mol. The molecule has 0 bridgehead atoms. The molecule has 0 spiro atoms. The van der Waals surface area contributed by atoms with E-state index in [-0.39, 0.29) is 24.2 Å². The SMILES string of the molecule is Cl.O=C(Nc1ccc2c(c1)CCC2)C1CCCNC1. The maximum Gasteiger partial charge on any atom is 0.228 e. The van der Waals surface area contributed by atoms with E-state index < -0.39 is 0 Å². The van der Waals surface area contributed by atoms with E-state index in [9.17, 15) is 4.79 Å². The average molecular weight is 281 g/mol. The van der Waals surface area contributed by atoms with Crippen molar-refractivity contribution in [3.63, 3.8) is 0 Å². The standard InChI is InChI=1S/C15H20N2O.ClH/c18-15(13-5-2-8-16-10-13)17-14-7-6-11-3-1-4-12(11)9-14;/h6-7,9,13,16H,1-5,8,10H2,(H,17,18);1H. The van der Waals surface area contributed by atoms with Crippen molar-refractivity contribution in [2.45, 2.75) is 32.1 Å². The van der Waals surface area contributed by atoms with Crippen LogP contribution in [0, 0.1) is 5.92 Å². The van der Waals surface area contributed by atoms with E-state index in [2.05, 4.69) is 22.8 Å². The lowest BCUT2D eigenvalue weighted by molar-refractivity contribution is -0.120. The van der Waals surface area contributed by atoms with Gasteiger partial charge >= 0.3 is 0 Å². The van der Waals surface area contributed by atoms with Crippen LogP contribution in [0.15, 0.2) is 18.2 Å². The fourth-order valence-electron chi connectivity index (χ4n) is 2.97. The first kappa shape index (κ1) is 14.4. The number of rotatable bonds is 2. The summed E-state index contributed by atoms with van der Waals surface area (Å²) in [5, 5.41) is 6.34. The van der Waals surface area contributed by atoms with Gasteiger partial charge in [0.2, 0.25) is 5.91 Å². The molecule has 2 aliphatic rings. The molecule has 1 heterocycles. The fraction of sp³-hybridized carbons (Fsp3) is 0.533. The number of halogens is 1. The number of benzene rings is 1. The Bertz CT molecular complexity index is 455. The zero-order chi connectivity index (χ0) is 12.4. The third kappa shape index (κ3) is 3.28. The monoisotopic (exact) mass is 280 g/mol. The summed E-state index contributed by atoms with van der Waals surface area (Å²) < 4.78 is 0. The van der Waals surface area contributed by atoms with Gasteiger partial charge in [-0.25, -0.2) is 0 Å². The Morgan fingerprint density at radius 3 is 2.84 bits per heavy atom. The number of carbonyl (C=O) groups excluding carboxylic acids is 1. The smallest absolute Gasteiger partial charge is 0.228 e. The summed E-state index contributed by atoms with van der Waals surface area (Å²) in [4.78, 5) is 12.1. The molecule has 1 aromatic carbocycles. The first-order chi connectivity index (χ1) is 8.83. The number of aryl methyl sites for hydroxylation is 2. The summed E-state index contributed by atoms with van der Waals surface area (Å²) in [5.41, 5.74) is 3.83. The van der Waals surface area contributed by atoms with Gasteiger partial charge < -0.3 is 10.6 Å². The van der Waals surface area contributed by atoms with Gasteiger partial charge in [-0.1, -0.05) is 6.07 Å². The molecule has 0 saturated carbocycles. The molecule has 1 fully saturated rings. The van der Waals surface area contributed by atoms with E-state index in [1.165, 1.54) is 24.0 Å². The molecule has 0 aromatic heterocycles. The molecule has 1 aliphatic carbocycles. The van der Waals surface area contributed by atoms with Crippen LogP contribution in [0.4, 0.5) is 5.69 Å². The van der Waals surface area contributed by atoms with Gasteiger partial charge in [-0.3, -0.25) is 4.79 Å². The van der Waals surface area contributed by atoms with Crippen LogP contribution in [0.3, 0.4) is 0 Å². The molecule has 104 valence electrons. The lowest BCUT2D eigenvalue weighted by Crippen LogP contribution is -2.37. The third-order valence-corrected chi connectivity index (χ3v) is 4.03. The summed E-state index contributed by atoms with van der Waals surface area (Å²) in [7, 11) is 0. The van der Waals surface area contributed by atoms with Gasteiger partial charge in [0.25, 0.3) is 0 Å². The number of hydrogen-bond acceptors (Lipinski definition) is 2. The second-order valence-corrected chi connectivity index (χ2v) is 5.37. The third-order valence-electron chi connectivity index (χ3n) is 4.03. The number of fused-ring (bicyclic) bond motifs is 1. The highest BCUT2D eigenvalue weighted by molar-refractivity contribution is 5.92. The van der Waals surface area contributed by atoms with Gasteiger partial charge in [-0.15, -0.1) is 12.4 Å². The second-order valence-electron chi connectivity index (χ2n) is 5.37. The van der Waals surface area contributed by atoms with Crippen molar-refractivity contribution >= 4 is 24.0 Å². The molecule has 0 radical (unpaired) electrons. The molecule has 1 aliphatic heterocycles. The number of anilines is 1. The van der Waals surface area contributed by atoms with Crippen molar-refractivity contribution in [2.24, 2.45) is 5.92 Å². The Morgan fingerprint density at radius 2 is 2.05 bits per heavy atom. The first-order valence-corrected chi connectivity index (χ1v) is 6.96. The minimum absolute atomic E-state index is 0. The normalized spacial score (nSPS) is 21.4. The van der Waals surface area contributed by atoms with Gasteiger partial charge in [-0.05, 0) is 61.9 Å². The van der Waals surface area contributed by atoms with E-state index >= 15 is 0 Å². The molecular formula is C15H21ClN2O. The molecule has 1 atom stereocenters. The number of hydrogen-bond donors (Lipinski definition) is 2. The van der Waals surface area contributed by atoms with E-state index in [1.807, 2.05) is 6.07 Å². The van der Waals surface area contributed by atoms with Crippen molar-refractivity contribution in [1.29, 1.82) is 0 Å². The van der Waals surface area contributed by atoms with Crippen LogP contribution in [0.1, 0.15) is 30.4 Å². The van der Waals surface area contributed by atoms with Crippen molar-refractivity contribution in [3.05, 3.63) is 29.3 Å². The van der Waals surface area contributed by atoms with Gasteiger partial charge in [0.05, 0.1) is 5.92 Å². The molecule has 3 nitrogen and oxygen atoms in total. The van der Waals surface area contributed by atoms with Crippen LogP contribution >= 0.6 is 12.4 Å². The molecule has 2 N–H and O–H groups in total. The molecule has 1 amide bonds. The molecule has 19 heavy (non-hydrogen) atoms. The highest BCUT2D eigenvalue weighted by Crippen LogP contribution is 2.25. The summed E-state index contributed by atoms with van der Waals surface area (Å²) in [6.07, 6.45) is 5.70. The number of amides is 1. The average Bonchev–Trinajstić information content (AvgIpc) is 2.87. The summed E-state index contributed by atoms with van der Waals surface area (Å²) in [6, 6.07) is 6.35. The van der Waals surface area contributed by atoms with Gasteiger partial charge in [0.1, 0.15) is 0 Å². The zero-order valence-corrected chi connectivity index (χ0v) is 11.9. The Labute approximate surface area is 120 Å². The Balaban J connectivity index is 0.00000133. The summed E-state index contributed by atoms with van der Waals surface area (Å²) >= 11 is 0. The number of nitrogens with one attached hydrogen (secondary N) is 2.